The maximum absolute atomic E-state index is 13.1. The van der Waals surface area contributed by atoms with Gasteiger partial charge >= 0.3 is 0 Å². The van der Waals surface area contributed by atoms with Crippen LogP contribution in [0.15, 0.2) is 61.3 Å². The molecule has 0 bridgehead atoms. The van der Waals surface area contributed by atoms with Gasteiger partial charge in [-0.05, 0) is 29.3 Å². The Labute approximate surface area is 176 Å². The quantitative estimate of drug-likeness (QED) is 0.640. The lowest BCUT2D eigenvalue weighted by atomic mass is 10.1. The van der Waals surface area contributed by atoms with E-state index in [4.69, 9.17) is 0 Å². The van der Waals surface area contributed by atoms with Crippen LogP contribution in [0.3, 0.4) is 0 Å². The number of hydrogen-bond acceptors (Lipinski definition) is 5. The fourth-order valence-corrected chi connectivity index (χ4v) is 3.22. The molecular weight excluding hydrogens is 400 g/mol. The predicted octanol–water partition coefficient (Wildman–Crippen LogP) is 3.84. The van der Waals surface area contributed by atoms with Crippen molar-refractivity contribution >= 4 is 30.6 Å². The van der Waals surface area contributed by atoms with Crippen molar-refractivity contribution in [3.05, 3.63) is 72.7 Å². The largest absolute Gasteiger partial charge is 0.353 e. The third-order valence-corrected chi connectivity index (χ3v) is 4.62. The summed E-state index contributed by atoms with van der Waals surface area (Å²) < 4.78 is 13.1. The van der Waals surface area contributed by atoms with Crippen LogP contribution in [-0.4, -0.2) is 46.0 Å². The molecule has 0 aliphatic carbocycles. The number of benzene rings is 1. The zero-order chi connectivity index (χ0) is 17.8. The van der Waals surface area contributed by atoms with E-state index >= 15 is 0 Å². The first-order chi connectivity index (χ1) is 12.8. The topological polar surface area (TPSA) is 45.2 Å². The van der Waals surface area contributed by atoms with Crippen LogP contribution in [0.25, 0.3) is 11.1 Å². The number of pyridine rings is 1. The Balaban J connectivity index is 0.00000140. The van der Waals surface area contributed by atoms with Gasteiger partial charge in [0, 0.05) is 63.1 Å². The number of piperazine rings is 1. The van der Waals surface area contributed by atoms with Crippen molar-refractivity contribution in [2.24, 2.45) is 0 Å². The number of aromatic nitrogens is 3. The van der Waals surface area contributed by atoms with Crippen LogP contribution < -0.4 is 4.90 Å². The van der Waals surface area contributed by atoms with Crippen molar-refractivity contribution in [2.45, 2.75) is 6.54 Å². The molecule has 28 heavy (non-hydrogen) atoms. The summed E-state index contributed by atoms with van der Waals surface area (Å²) in [4.78, 5) is 17.6. The van der Waals surface area contributed by atoms with E-state index in [1.165, 1.54) is 17.7 Å². The molecular formula is C20H22Cl2FN5. The average molecular weight is 422 g/mol. The SMILES string of the molecule is Cl.Cl.Fc1ccc(-c2cncc(CN3CCN(c4cnccn4)CC3)c2)cc1. The van der Waals surface area contributed by atoms with Gasteiger partial charge in [-0.2, -0.15) is 0 Å². The summed E-state index contributed by atoms with van der Waals surface area (Å²) in [6, 6.07) is 8.67. The highest BCUT2D eigenvalue weighted by Crippen LogP contribution is 2.21. The van der Waals surface area contributed by atoms with Crippen molar-refractivity contribution < 1.29 is 4.39 Å². The van der Waals surface area contributed by atoms with Crippen LogP contribution in [0, 0.1) is 5.82 Å². The van der Waals surface area contributed by atoms with Crippen molar-refractivity contribution in [3.63, 3.8) is 0 Å². The molecule has 0 N–H and O–H groups in total. The number of hydrogen-bond donors (Lipinski definition) is 0. The average Bonchev–Trinajstić information content (AvgIpc) is 2.70. The summed E-state index contributed by atoms with van der Waals surface area (Å²) >= 11 is 0. The van der Waals surface area contributed by atoms with Gasteiger partial charge in [0.05, 0.1) is 6.20 Å². The van der Waals surface area contributed by atoms with Crippen LogP contribution in [-0.2, 0) is 6.54 Å². The van der Waals surface area contributed by atoms with Gasteiger partial charge in [-0.25, -0.2) is 9.37 Å². The normalized spacial score (nSPS) is 14.1. The van der Waals surface area contributed by atoms with E-state index in [-0.39, 0.29) is 30.6 Å². The van der Waals surface area contributed by atoms with Gasteiger partial charge in [0.15, 0.2) is 0 Å². The molecule has 1 aromatic carbocycles. The predicted molar refractivity (Wildman–Crippen MR) is 114 cm³/mol. The third-order valence-electron chi connectivity index (χ3n) is 4.62. The van der Waals surface area contributed by atoms with Crippen LogP contribution in [0.2, 0.25) is 0 Å². The first-order valence-corrected chi connectivity index (χ1v) is 8.71. The lowest BCUT2D eigenvalue weighted by Crippen LogP contribution is -2.46. The summed E-state index contributed by atoms with van der Waals surface area (Å²) in [7, 11) is 0. The Morgan fingerprint density at radius 2 is 1.57 bits per heavy atom. The van der Waals surface area contributed by atoms with E-state index < -0.39 is 0 Å². The fourth-order valence-electron chi connectivity index (χ4n) is 3.22. The molecule has 0 amide bonds. The molecule has 3 aromatic rings. The van der Waals surface area contributed by atoms with Gasteiger partial charge in [-0.15, -0.1) is 24.8 Å². The Morgan fingerprint density at radius 1 is 0.821 bits per heavy atom. The second-order valence-corrected chi connectivity index (χ2v) is 6.42. The molecule has 0 atom stereocenters. The van der Waals surface area contributed by atoms with E-state index in [1.807, 2.05) is 18.6 Å². The highest BCUT2D eigenvalue weighted by atomic mass is 35.5. The van der Waals surface area contributed by atoms with Gasteiger partial charge in [-0.3, -0.25) is 14.9 Å². The minimum Gasteiger partial charge on any atom is -0.353 e. The summed E-state index contributed by atoms with van der Waals surface area (Å²) in [5.74, 6) is 0.714. The van der Waals surface area contributed by atoms with Gasteiger partial charge in [0.1, 0.15) is 11.6 Å². The molecule has 0 unspecified atom stereocenters. The molecule has 1 aliphatic heterocycles. The van der Waals surface area contributed by atoms with Crippen LogP contribution in [0.5, 0.6) is 0 Å². The third kappa shape index (κ3) is 5.38. The molecule has 1 aliphatic rings. The minimum absolute atomic E-state index is 0. The highest BCUT2D eigenvalue weighted by molar-refractivity contribution is 5.85. The Bertz CT molecular complexity index is 856. The van der Waals surface area contributed by atoms with Crippen molar-refractivity contribution in [3.8, 4) is 11.1 Å². The maximum atomic E-state index is 13.1. The molecule has 3 heterocycles. The molecule has 8 heteroatoms. The van der Waals surface area contributed by atoms with Gasteiger partial charge < -0.3 is 4.90 Å². The molecule has 5 nitrogen and oxygen atoms in total. The van der Waals surface area contributed by atoms with Crippen molar-refractivity contribution in [2.75, 3.05) is 31.1 Å². The van der Waals surface area contributed by atoms with E-state index in [0.29, 0.717) is 0 Å². The first-order valence-electron chi connectivity index (χ1n) is 8.71. The number of halogens is 3. The van der Waals surface area contributed by atoms with E-state index in [2.05, 4.69) is 30.8 Å². The minimum atomic E-state index is -0.223. The summed E-state index contributed by atoms with van der Waals surface area (Å²) in [6.45, 7) is 4.67. The lowest BCUT2D eigenvalue weighted by molar-refractivity contribution is 0.249. The lowest BCUT2D eigenvalue weighted by Gasteiger charge is -2.35. The second kappa shape index (κ2) is 10.3. The molecule has 0 saturated carbocycles. The van der Waals surface area contributed by atoms with E-state index in [9.17, 15) is 4.39 Å². The van der Waals surface area contributed by atoms with Crippen molar-refractivity contribution in [1.82, 2.24) is 19.9 Å². The zero-order valence-corrected chi connectivity index (χ0v) is 16.9. The zero-order valence-electron chi connectivity index (χ0n) is 15.2. The monoisotopic (exact) mass is 421 g/mol. The Hall–Kier alpha value is -2.28. The number of rotatable bonds is 4. The molecule has 148 valence electrons. The Morgan fingerprint density at radius 3 is 2.25 bits per heavy atom. The molecule has 0 spiro atoms. The number of nitrogens with zero attached hydrogens (tertiary/aromatic N) is 5. The maximum Gasteiger partial charge on any atom is 0.147 e. The van der Waals surface area contributed by atoms with E-state index in [0.717, 1.165) is 49.7 Å². The summed E-state index contributed by atoms with van der Waals surface area (Å²) in [5, 5.41) is 0. The standard InChI is InChI=1S/C20H20FN5.2ClH/c21-19-3-1-17(2-4-19)18-11-16(12-23-13-18)15-25-7-9-26(10-8-25)20-14-22-5-6-24-20;;/h1-6,11-14H,7-10,15H2;2*1H. The molecule has 4 rings (SSSR count). The molecule has 0 radical (unpaired) electrons. The number of anilines is 1. The smallest absolute Gasteiger partial charge is 0.147 e. The molecule has 2 aromatic heterocycles. The summed E-state index contributed by atoms with van der Waals surface area (Å²) in [6.07, 6.45) is 8.96. The molecule has 1 saturated heterocycles. The van der Waals surface area contributed by atoms with Crippen LogP contribution in [0.1, 0.15) is 5.56 Å². The van der Waals surface area contributed by atoms with E-state index in [1.54, 1.807) is 24.5 Å². The van der Waals surface area contributed by atoms with Crippen molar-refractivity contribution in [1.29, 1.82) is 0 Å². The highest BCUT2D eigenvalue weighted by Gasteiger charge is 2.18. The summed E-state index contributed by atoms with van der Waals surface area (Å²) in [5.41, 5.74) is 3.16. The first kappa shape index (κ1) is 22.0. The Kier molecular flexibility index (Phi) is 8.11. The van der Waals surface area contributed by atoms with Gasteiger partial charge in [-0.1, -0.05) is 12.1 Å². The van der Waals surface area contributed by atoms with Gasteiger partial charge in [0.2, 0.25) is 0 Å². The van der Waals surface area contributed by atoms with Gasteiger partial charge in [0.25, 0.3) is 0 Å². The van der Waals surface area contributed by atoms with Crippen LogP contribution in [0.4, 0.5) is 10.2 Å². The van der Waals surface area contributed by atoms with Crippen LogP contribution >= 0.6 is 24.8 Å². The fraction of sp³-hybridized carbons (Fsp3) is 0.250. The molecule has 1 fully saturated rings. The second-order valence-electron chi connectivity index (χ2n) is 6.42.